The topological polar surface area (TPSA) is 102 Å². The third-order valence-electron chi connectivity index (χ3n) is 4.14. The third kappa shape index (κ3) is 4.56. The SMILES string of the molecule is O=C(NN=Cc1ccco1)C(=Cc1ccc2c(c1)OCO2)NC(=O)c1ccccc1. The molecule has 0 saturated carbocycles. The number of amides is 2. The highest BCUT2D eigenvalue weighted by atomic mass is 16.7. The summed E-state index contributed by atoms with van der Waals surface area (Å²) >= 11 is 0. The van der Waals surface area contributed by atoms with Gasteiger partial charge in [-0.1, -0.05) is 24.3 Å². The van der Waals surface area contributed by atoms with Crippen molar-refractivity contribution in [2.45, 2.75) is 0 Å². The fraction of sp³-hybridized carbons (Fsp3) is 0.0455. The second-order valence-corrected chi connectivity index (χ2v) is 6.21. The van der Waals surface area contributed by atoms with Crippen molar-refractivity contribution in [1.29, 1.82) is 0 Å². The zero-order valence-corrected chi connectivity index (χ0v) is 15.7. The van der Waals surface area contributed by atoms with E-state index in [9.17, 15) is 9.59 Å². The number of carbonyl (C=O) groups is 2. The predicted molar refractivity (Wildman–Crippen MR) is 109 cm³/mol. The molecule has 2 N–H and O–H groups in total. The van der Waals surface area contributed by atoms with Crippen LogP contribution >= 0.6 is 0 Å². The number of hydrazone groups is 1. The van der Waals surface area contributed by atoms with E-state index in [0.29, 0.717) is 28.4 Å². The maximum absolute atomic E-state index is 12.7. The van der Waals surface area contributed by atoms with Crippen molar-refractivity contribution in [2.24, 2.45) is 5.10 Å². The molecule has 8 nitrogen and oxygen atoms in total. The Hall–Kier alpha value is -4.33. The molecule has 1 aliphatic rings. The molecule has 150 valence electrons. The number of hydrogen-bond acceptors (Lipinski definition) is 6. The zero-order valence-electron chi connectivity index (χ0n) is 15.7. The van der Waals surface area contributed by atoms with Gasteiger partial charge in [-0.15, -0.1) is 0 Å². The monoisotopic (exact) mass is 403 g/mol. The molecule has 1 aliphatic heterocycles. The fourth-order valence-corrected chi connectivity index (χ4v) is 2.69. The van der Waals surface area contributed by atoms with Crippen LogP contribution in [-0.2, 0) is 4.79 Å². The summed E-state index contributed by atoms with van der Waals surface area (Å²) in [5.41, 5.74) is 3.46. The highest BCUT2D eigenvalue weighted by molar-refractivity contribution is 6.05. The molecule has 0 saturated heterocycles. The quantitative estimate of drug-likeness (QED) is 0.374. The summed E-state index contributed by atoms with van der Waals surface area (Å²) in [7, 11) is 0. The van der Waals surface area contributed by atoms with Crippen LogP contribution < -0.4 is 20.2 Å². The van der Waals surface area contributed by atoms with Crippen LogP contribution in [-0.4, -0.2) is 24.8 Å². The summed E-state index contributed by atoms with van der Waals surface area (Å²) < 4.78 is 15.8. The van der Waals surface area contributed by atoms with Gasteiger partial charge in [0.2, 0.25) is 6.79 Å². The van der Waals surface area contributed by atoms with E-state index in [-0.39, 0.29) is 12.5 Å². The molecular weight excluding hydrogens is 386 g/mol. The molecule has 4 rings (SSSR count). The first-order chi connectivity index (χ1) is 14.7. The van der Waals surface area contributed by atoms with E-state index >= 15 is 0 Å². The van der Waals surface area contributed by atoms with Crippen molar-refractivity contribution < 1.29 is 23.5 Å². The maximum Gasteiger partial charge on any atom is 0.287 e. The van der Waals surface area contributed by atoms with Gasteiger partial charge >= 0.3 is 0 Å². The van der Waals surface area contributed by atoms with E-state index in [0.717, 1.165) is 0 Å². The molecule has 8 heteroatoms. The van der Waals surface area contributed by atoms with E-state index in [2.05, 4.69) is 15.8 Å². The fourth-order valence-electron chi connectivity index (χ4n) is 2.69. The van der Waals surface area contributed by atoms with Crippen LogP contribution in [0.15, 0.2) is 82.1 Å². The number of fused-ring (bicyclic) bond motifs is 1. The van der Waals surface area contributed by atoms with Crippen LogP contribution in [0.1, 0.15) is 21.7 Å². The first-order valence-corrected chi connectivity index (χ1v) is 9.04. The number of ether oxygens (including phenoxy) is 2. The second-order valence-electron chi connectivity index (χ2n) is 6.21. The van der Waals surface area contributed by atoms with Gasteiger partial charge in [-0.05, 0) is 48.0 Å². The molecule has 1 aromatic heterocycles. The molecule has 0 radical (unpaired) electrons. The van der Waals surface area contributed by atoms with E-state index in [1.54, 1.807) is 60.7 Å². The standard InChI is InChI=1S/C22H17N3O5/c26-21(16-5-2-1-3-6-16)24-18(22(27)25-23-13-17-7-4-10-28-17)11-15-8-9-19-20(12-15)30-14-29-19/h1-13H,14H2,(H,24,26)(H,25,27). The van der Waals surface area contributed by atoms with E-state index < -0.39 is 11.8 Å². The molecule has 2 heterocycles. The molecule has 0 atom stereocenters. The van der Waals surface area contributed by atoms with Gasteiger partial charge in [0, 0.05) is 5.56 Å². The molecule has 30 heavy (non-hydrogen) atoms. The van der Waals surface area contributed by atoms with Crippen LogP contribution in [0.2, 0.25) is 0 Å². The first kappa shape index (κ1) is 19.0. The lowest BCUT2D eigenvalue weighted by Gasteiger charge is -2.09. The summed E-state index contributed by atoms with van der Waals surface area (Å²) in [5.74, 6) is 0.640. The largest absolute Gasteiger partial charge is 0.463 e. The summed E-state index contributed by atoms with van der Waals surface area (Å²) in [5, 5.41) is 6.49. The van der Waals surface area contributed by atoms with Crippen molar-refractivity contribution in [3.63, 3.8) is 0 Å². The molecule has 0 aliphatic carbocycles. The Morgan fingerprint density at radius 2 is 1.80 bits per heavy atom. The summed E-state index contributed by atoms with van der Waals surface area (Å²) in [6.07, 6.45) is 4.38. The minimum Gasteiger partial charge on any atom is -0.463 e. The number of nitrogens with zero attached hydrogens (tertiary/aromatic N) is 1. The van der Waals surface area contributed by atoms with Crippen molar-refractivity contribution in [1.82, 2.24) is 10.7 Å². The first-order valence-electron chi connectivity index (χ1n) is 9.04. The van der Waals surface area contributed by atoms with Gasteiger partial charge in [-0.25, -0.2) is 5.43 Å². The lowest BCUT2D eigenvalue weighted by Crippen LogP contribution is -2.32. The van der Waals surface area contributed by atoms with Crippen molar-refractivity contribution in [2.75, 3.05) is 6.79 Å². The highest BCUT2D eigenvalue weighted by Gasteiger charge is 2.16. The average Bonchev–Trinajstić information content (AvgIpc) is 3.45. The van der Waals surface area contributed by atoms with Crippen LogP contribution in [0.4, 0.5) is 0 Å². The number of hydrogen-bond donors (Lipinski definition) is 2. The summed E-state index contributed by atoms with van der Waals surface area (Å²) in [4.78, 5) is 25.2. The molecular formula is C22H17N3O5. The third-order valence-corrected chi connectivity index (χ3v) is 4.14. The smallest absolute Gasteiger partial charge is 0.287 e. The summed E-state index contributed by atoms with van der Waals surface area (Å²) in [6.45, 7) is 0.141. The Morgan fingerprint density at radius 1 is 0.967 bits per heavy atom. The highest BCUT2D eigenvalue weighted by Crippen LogP contribution is 2.33. The Balaban J connectivity index is 1.56. The van der Waals surface area contributed by atoms with Gasteiger partial charge in [0.1, 0.15) is 11.5 Å². The van der Waals surface area contributed by atoms with Crippen LogP contribution in [0, 0.1) is 0 Å². The molecule has 0 spiro atoms. The van der Waals surface area contributed by atoms with Gasteiger partial charge in [0.15, 0.2) is 11.5 Å². The van der Waals surface area contributed by atoms with E-state index in [4.69, 9.17) is 13.9 Å². The summed E-state index contributed by atoms with van der Waals surface area (Å²) in [6, 6.07) is 17.2. The molecule has 2 amide bonds. The average molecular weight is 403 g/mol. The Morgan fingerprint density at radius 3 is 2.60 bits per heavy atom. The Bertz CT molecular complexity index is 1110. The predicted octanol–water partition coefficient (Wildman–Crippen LogP) is 2.93. The molecule has 0 unspecified atom stereocenters. The molecule has 0 fully saturated rings. The minimum atomic E-state index is -0.597. The number of carbonyl (C=O) groups excluding carboxylic acids is 2. The number of nitrogens with one attached hydrogen (secondary N) is 2. The van der Waals surface area contributed by atoms with Gasteiger partial charge < -0.3 is 19.2 Å². The van der Waals surface area contributed by atoms with Gasteiger partial charge in [0.05, 0.1) is 12.5 Å². The van der Waals surface area contributed by atoms with Crippen LogP contribution in [0.3, 0.4) is 0 Å². The zero-order chi connectivity index (χ0) is 20.8. The molecule has 3 aromatic rings. The number of rotatable bonds is 6. The van der Waals surface area contributed by atoms with E-state index in [1.807, 2.05) is 0 Å². The van der Waals surface area contributed by atoms with Gasteiger partial charge in [-0.2, -0.15) is 5.10 Å². The second kappa shape index (κ2) is 8.78. The van der Waals surface area contributed by atoms with E-state index in [1.165, 1.54) is 18.6 Å². The van der Waals surface area contributed by atoms with Crippen molar-refractivity contribution in [3.05, 3.63) is 89.5 Å². The normalized spacial score (nSPS) is 12.7. The number of furan rings is 1. The molecule has 0 bridgehead atoms. The molecule has 2 aromatic carbocycles. The van der Waals surface area contributed by atoms with Crippen LogP contribution in [0.25, 0.3) is 6.08 Å². The minimum absolute atomic E-state index is 0.0133. The van der Waals surface area contributed by atoms with Gasteiger partial charge in [-0.3, -0.25) is 9.59 Å². The lowest BCUT2D eigenvalue weighted by molar-refractivity contribution is -0.117. The van der Waals surface area contributed by atoms with Gasteiger partial charge in [0.25, 0.3) is 11.8 Å². The van der Waals surface area contributed by atoms with Crippen molar-refractivity contribution >= 4 is 24.1 Å². The maximum atomic E-state index is 12.7. The number of benzene rings is 2. The Kier molecular flexibility index (Phi) is 5.56. The van der Waals surface area contributed by atoms with Crippen molar-refractivity contribution in [3.8, 4) is 11.5 Å². The van der Waals surface area contributed by atoms with Crippen LogP contribution in [0.5, 0.6) is 11.5 Å². The lowest BCUT2D eigenvalue weighted by atomic mass is 10.1. The Labute approximate surface area is 171 Å².